The van der Waals surface area contributed by atoms with Crippen LogP contribution in [0.5, 0.6) is 0 Å². The minimum atomic E-state index is 0.143. The first kappa shape index (κ1) is 13.7. The summed E-state index contributed by atoms with van der Waals surface area (Å²) in [5.41, 5.74) is 2.35. The van der Waals surface area contributed by atoms with E-state index in [4.69, 9.17) is 0 Å². The molecule has 0 unspecified atom stereocenters. The van der Waals surface area contributed by atoms with Gasteiger partial charge in [-0.25, -0.2) is 0 Å². The van der Waals surface area contributed by atoms with E-state index < -0.39 is 0 Å². The van der Waals surface area contributed by atoms with Crippen LogP contribution in [0.15, 0.2) is 6.20 Å². The van der Waals surface area contributed by atoms with Gasteiger partial charge in [-0.1, -0.05) is 0 Å². The normalized spacial score (nSPS) is 10.5. The number of amides is 1. The standard InChI is InChI=1S/C12H22N4O/c1-10-11(9-15-16-10)5-3-8-14-12(17)6-4-7-13-2/h9,13H,3-8H2,1-2H3,(H,14,17)(H,15,16). The number of rotatable bonds is 8. The van der Waals surface area contributed by atoms with Crippen molar-refractivity contribution in [2.75, 3.05) is 20.1 Å². The number of carbonyl (C=O) groups is 1. The summed E-state index contributed by atoms with van der Waals surface area (Å²) in [6, 6.07) is 0. The van der Waals surface area contributed by atoms with Gasteiger partial charge in [0, 0.05) is 18.7 Å². The molecule has 0 aliphatic rings. The fourth-order valence-corrected chi connectivity index (χ4v) is 1.65. The molecule has 0 atom stereocenters. The molecule has 0 bridgehead atoms. The number of hydrogen-bond acceptors (Lipinski definition) is 3. The molecular weight excluding hydrogens is 216 g/mol. The van der Waals surface area contributed by atoms with Crippen LogP contribution in [0.2, 0.25) is 0 Å². The number of nitrogens with zero attached hydrogens (tertiary/aromatic N) is 1. The lowest BCUT2D eigenvalue weighted by molar-refractivity contribution is -0.121. The van der Waals surface area contributed by atoms with Crippen molar-refractivity contribution < 1.29 is 4.79 Å². The number of aromatic amines is 1. The monoisotopic (exact) mass is 238 g/mol. The fraction of sp³-hybridized carbons (Fsp3) is 0.667. The van der Waals surface area contributed by atoms with Crippen LogP contribution in [0.3, 0.4) is 0 Å². The molecule has 0 saturated heterocycles. The van der Waals surface area contributed by atoms with E-state index in [1.807, 2.05) is 20.2 Å². The van der Waals surface area contributed by atoms with Crippen molar-refractivity contribution in [3.05, 3.63) is 17.5 Å². The third-order valence-corrected chi connectivity index (χ3v) is 2.71. The van der Waals surface area contributed by atoms with Gasteiger partial charge in [-0.05, 0) is 45.3 Å². The van der Waals surface area contributed by atoms with Crippen LogP contribution < -0.4 is 10.6 Å². The molecule has 0 radical (unpaired) electrons. The van der Waals surface area contributed by atoms with Crippen molar-refractivity contribution in [2.45, 2.75) is 32.6 Å². The summed E-state index contributed by atoms with van der Waals surface area (Å²) >= 11 is 0. The predicted molar refractivity (Wildman–Crippen MR) is 67.8 cm³/mol. The molecule has 96 valence electrons. The molecule has 1 aromatic heterocycles. The number of H-pyrrole nitrogens is 1. The molecule has 0 fully saturated rings. The Labute approximate surface area is 102 Å². The third-order valence-electron chi connectivity index (χ3n) is 2.71. The number of aromatic nitrogens is 2. The number of nitrogens with one attached hydrogen (secondary N) is 3. The average Bonchev–Trinajstić information content (AvgIpc) is 2.71. The molecule has 0 spiro atoms. The summed E-state index contributed by atoms with van der Waals surface area (Å²) < 4.78 is 0. The van der Waals surface area contributed by atoms with E-state index in [0.29, 0.717) is 6.42 Å². The first-order chi connectivity index (χ1) is 8.24. The van der Waals surface area contributed by atoms with Crippen molar-refractivity contribution in [3.63, 3.8) is 0 Å². The summed E-state index contributed by atoms with van der Waals surface area (Å²) in [6.07, 6.45) is 5.26. The van der Waals surface area contributed by atoms with Crippen LogP contribution in [0.4, 0.5) is 0 Å². The summed E-state index contributed by atoms with van der Waals surface area (Å²) in [7, 11) is 1.89. The average molecular weight is 238 g/mol. The Hall–Kier alpha value is -1.36. The van der Waals surface area contributed by atoms with Crippen LogP contribution in [0.1, 0.15) is 30.5 Å². The van der Waals surface area contributed by atoms with E-state index in [1.165, 1.54) is 5.56 Å². The number of hydrogen-bond donors (Lipinski definition) is 3. The Morgan fingerprint density at radius 2 is 2.24 bits per heavy atom. The van der Waals surface area contributed by atoms with Crippen LogP contribution in [-0.2, 0) is 11.2 Å². The van der Waals surface area contributed by atoms with Crippen molar-refractivity contribution in [2.24, 2.45) is 0 Å². The molecule has 1 amide bonds. The third kappa shape index (κ3) is 5.49. The predicted octanol–water partition coefficient (Wildman–Crippen LogP) is 0.767. The topological polar surface area (TPSA) is 69.8 Å². The van der Waals surface area contributed by atoms with Gasteiger partial charge in [0.05, 0.1) is 6.20 Å². The van der Waals surface area contributed by atoms with Gasteiger partial charge in [-0.15, -0.1) is 0 Å². The zero-order valence-corrected chi connectivity index (χ0v) is 10.7. The molecule has 3 N–H and O–H groups in total. The van der Waals surface area contributed by atoms with Crippen LogP contribution in [-0.4, -0.2) is 36.2 Å². The van der Waals surface area contributed by atoms with Gasteiger partial charge in [-0.2, -0.15) is 5.10 Å². The molecule has 17 heavy (non-hydrogen) atoms. The van der Waals surface area contributed by atoms with Crippen molar-refractivity contribution in [1.29, 1.82) is 0 Å². The highest BCUT2D eigenvalue weighted by Crippen LogP contribution is 2.04. The largest absolute Gasteiger partial charge is 0.356 e. The summed E-state index contributed by atoms with van der Waals surface area (Å²) in [4.78, 5) is 11.4. The minimum absolute atomic E-state index is 0.143. The molecule has 5 heteroatoms. The quantitative estimate of drug-likeness (QED) is 0.586. The van der Waals surface area contributed by atoms with Crippen molar-refractivity contribution >= 4 is 5.91 Å². The van der Waals surface area contributed by atoms with Crippen LogP contribution in [0, 0.1) is 6.92 Å². The molecule has 0 saturated carbocycles. The highest BCUT2D eigenvalue weighted by molar-refractivity contribution is 5.75. The first-order valence-corrected chi connectivity index (χ1v) is 6.14. The minimum Gasteiger partial charge on any atom is -0.356 e. The van der Waals surface area contributed by atoms with E-state index in [1.54, 1.807) is 0 Å². The molecule has 1 rings (SSSR count). The Morgan fingerprint density at radius 3 is 2.88 bits per heavy atom. The Kier molecular flexibility index (Phi) is 6.32. The lowest BCUT2D eigenvalue weighted by Crippen LogP contribution is -2.25. The van der Waals surface area contributed by atoms with Crippen molar-refractivity contribution in [1.82, 2.24) is 20.8 Å². The zero-order chi connectivity index (χ0) is 12.5. The number of aryl methyl sites for hydroxylation is 2. The van der Waals surface area contributed by atoms with E-state index in [0.717, 1.165) is 38.0 Å². The smallest absolute Gasteiger partial charge is 0.220 e. The summed E-state index contributed by atoms with van der Waals surface area (Å²) in [5, 5.41) is 12.8. The second kappa shape index (κ2) is 7.84. The Bertz CT molecular complexity index is 335. The van der Waals surface area contributed by atoms with E-state index >= 15 is 0 Å². The number of carbonyl (C=O) groups excluding carboxylic acids is 1. The van der Waals surface area contributed by atoms with Gasteiger partial charge in [0.1, 0.15) is 0 Å². The van der Waals surface area contributed by atoms with Gasteiger partial charge in [0.15, 0.2) is 0 Å². The van der Waals surface area contributed by atoms with E-state index in [9.17, 15) is 4.79 Å². The lowest BCUT2D eigenvalue weighted by Gasteiger charge is -2.04. The van der Waals surface area contributed by atoms with E-state index in [2.05, 4.69) is 20.8 Å². The van der Waals surface area contributed by atoms with Gasteiger partial charge in [0.2, 0.25) is 5.91 Å². The molecule has 0 aliphatic carbocycles. The van der Waals surface area contributed by atoms with Gasteiger partial charge < -0.3 is 10.6 Å². The van der Waals surface area contributed by atoms with Crippen molar-refractivity contribution in [3.8, 4) is 0 Å². The van der Waals surface area contributed by atoms with E-state index in [-0.39, 0.29) is 5.91 Å². The summed E-state index contributed by atoms with van der Waals surface area (Å²) in [5.74, 6) is 0.143. The lowest BCUT2D eigenvalue weighted by atomic mass is 10.1. The molecule has 0 aromatic carbocycles. The Morgan fingerprint density at radius 1 is 1.41 bits per heavy atom. The highest BCUT2D eigenvalue weighted by atomic mass is 16.1. The molecule has 5 nitrogen and oxygen atoms in total. The molecular formula is C12H22N4O. The Balaban J connectivity index is 2.04. The van der Waals surface area contributed by atoms with Crippen LogP contribution in [0.25, 0.3) is 0 Å². The summed E-state index contributed by atoms with van der Waals surface area (Å²) in [6.45, 7) is 3.64. The second-order valence-electron chi connectivity index (χ2n) is 4.18. The first-order valence-electron chi connectivity index (χ1n) is 6.14. The maximum Gasteiger partial charge on any atom is 0.220 e. The maximum absolute atomic E-state index is 11.4. The van der Waals surface area contributed by atoms with Gasteiger partial charge in [0.25, 0.3) is 0 Å². The second-order valence-corrected chi connectivity index (χ2v) is 4.18. The molecule has 1 aromatic rings. The van der Waals surface area contributed by atoms with Gasteiger partial charge in [-0.3, -0.25) is 9.89 Å². The fourth-order valence-electron chi connectivity index (χ4n) is 1.65. The van der Waals surface area contributed by atoms with Gasteiger partial charge >= 0.3 is 0 Å². The highest BCUT2D eigenvalue weighted by Gasteiger charge is 2.02. The van der Waals surface area contributed by atoms with Crippen LogP contribution >= 0.6 is 0 Å². The molecule has 1 heterocycles. The zero-order valence-electron chi connectivity index (χ0n) is 10.7. The maximum atomic E-state index is 11.4. The molecule has 0 aliphatic heterocycles. The SMILES string of the molecule is CNCCCC(=O)NCCCc1cn[nH]c1C.